The zero-order valence-electron chi connectivity index (χ0n) is 15.2. The number of nitrogens with one attached hydrogen (secondary N) is 1. The van der Waals surface area contributed by atoms with Gasteiger partial charge < -0.3 is 9.73 Å². The predicted octanol–water partition coefficient (Wildman–Crippen LogP) is 3.92. The van der Waals surface area contributed by atoms with Gasteiger partial charge in [-0.05, 0) is 50.1 Å². The first-order chi connectivity index (χ1) is 13.4. The van der Waals surface area contributed by atoms with Gasteiger partial charge in [-0.15, -0.1) is 0 Å². The van der Waals surface area contributed by atoms with Gasteiger partial charge in [0, 0.05) is 29.7 Å². The first-order valence-electron chi connectivity index (χ1n) is 8.97. The third kappa shape index (κ3) is 3.18. The summed E-state index contributed by atoms with van der Waals surface area (Å²) >= 11 is 0. The summed E-state index contributed by atoms with van der Waals surface area (Å²) in [7, 11) is -3.50. The highest BCUT2D eigenvalue weighted by atomic mass is 32.2. The lowest BCUT2D eigenvalue weighted by Gasteiger charge is -2.15. The van der Waals surface area contributed by atoms with Crippen LogP contribution in [0.4, 0.5) is 10.1 Å². The van der Waals surface area contributed by atoms with E-state index in [-0.39, 0.29) is 16.2 Å². The molecule has 8 heteroatoms. The molecule has 3 aromatic rings. The molecular formula is C20H19FN2O4S. The van der Waals surface area contributed by atoms with Crippen LogP contribution in [0.25, 0.3) is 11.0 Å². The second-order valence-corrected chi connectivity index (χ2v) is 8.70. The number of nitrogens with zero attached hydrogens (tertiary/aromatic N) is 1. The fourth-order valence-corrected chi connectivity index (χ4v) is 4.92. The molecule has 0 bridgehead atoms. The van der Waals surface area contributed by atoms with Crippen LogP contribution in [-0.4, -0.2) is 31.7 Å². The zero-order chi connectivity index (χ0) is 19.9. The van der Waals surface area contributed by atoms with E-state index in [1.165, 1.54) is 34.6 Å². The van der Waals surface area contributed by atoms with Crippen LogP contribution >= 0.6 is 0 Å². The number of carbonyl (C=O) groups is 1. The Labute approximate surface area is 162 Å². The number of benzene rings is 2. The monoisotopic (exact) mass is 402 g/mol. The minimum atomic E-state index is -3.50. The number of hydrogen-bond acceptors (Lipinski definition) is 4. The molecule has 0 atom stereocenters. The van der Waals surface area contributed by atoms with Gasteiger partial charge >= 0.3 is 0 Å². The Hall–Kier alpha value is -2.71. The number of carbonyl (C=O) groups excluding carboxylic acids is 1. The quantitative estimate of drug-likeness (QED) is 0.717. The van der Waals surface area contributed by atoms with Gasteiger partial charge in [-0.25, -0.2) is 12.8 Å². The third-order valence-electron chi connectivity index (χ3n) is 4.94. The van der Waals surface area contributed by atoms with Gasteiger partial charge in [0.2, 0.25) is 10.0 Å². The molecule has 6 nitrogen and oxygen atoms in total. The number of rotatable bonds is 4. The van der Waals surface area contributed by atoms with Gasteiger partial charge in [0.1, 0.15) is 0 Å². The Morgan fingerprint density at radius 1 is 1.11 bits per heavy atom. The van der Waals surface area contributed by atoms with Crippen molar-refractivity contribution in [2.75, 3.05) is 18.4 Å². The number of amides is 1. The molecule has 28 heavy (non-hydrogen) atoms. The maximum atomic E-state index is 13.9. The molecule has 0 unspecified atom stereocenters. The third-order valence-corrected chi connectivity index (χ3v) is 6.85. The summed E-state index contributed by atoms with van der Waals surface area (Å²) in [6, 6.07) is 10.5. The summed E-state index contributed by atoms with van der Waals surface area (Å²) in [5.41, 5.74) is 1.00. The van der Waals surface area contributed by atoms with Crippen LogP contribution in [0.15, 0.2) is 51.8 Å². The number of hydrogen-bond donors (Lipinski definition) is 1. The Morgan fingerprint density at radius 3 is 2.43 bits per heavy atom. The highest BCUT2D eigenvalue weighted by molar-refractivity contribution is 7.89. The number of anilines is 1. The van der Waals surface area contributed by atoms with E-state index >= 15 is 0 Å². The van der Waals surface area contributed by atoms with Crippen molar-refractivity contribution in [2.45, 2.75) is 24.7 Å². The average molecular weight is 402 g/mol. The normalized spacial score (nSPS) is 15.2. The van der Waals surface area contributed by atoms with E-state index in [0.29, 0.717) is 29.7 Å². The molecule has 0 spiro atoms. The molecule has 1 aromatic heterocycles. The molecule has 1 aliphatic rings. The molecule has 0 saturated carbocycles. The van der Waals surface area contributed by atoms with Crippen molar-refractivity contribution in [1.29, 1.82) is 0 Å². The van der Waals surface area contributed by atoms with Crippen LogP contribution in [-0.2, 0) is 10.0 Å². The van der Waals surface area contributed by atoms with Gasteiger partial charge in [0.15, 0.2) is 17.2 Å². The zero-order valence-corrected chi connectivity index (χ0v) is 16.1. The molecule has 1 saturated heterocycles. The van der Waals surface area contributed by atoms with Crippen molar-refractivity contribution in [3.8, 4) is 0 Å². The number of furan rings is 1. The van der Waals surface area contributed by atoms with Gasteiger partial charge in [-0.2, -0.15) is 4.31 Å². The molecule has 1 N–H and O–H groups in total. The number of aryl methyl sites for hydroxylation is 1. The lowest BCUT2D eigenvalue weighted by molar-refractivity contribution is 0.0997. The van der Waals surface area contributed by atoms with Crippen LogP contribution in [0.1, 0.15) is 29.0 Å². The molecule has 1 aliphatic heterocycles. The van der Waals surface area contributed by atoms with E-state index in [9.17, 15) is 17.6 Å². The van der Waals surface area contributed by atoms with Crippen molar-refractivity contribution in [2.24, 2.45) is 0 Å². The SMILES string of the molecule is Cc1c(C(=O)Nc2ccc(S(=O)(=O)N3CCCC3)cc2)oc2c(F)cccc12. The first-order valence-corrected chi connectivity index (χ1v) is 10.4. The van der Waals surface area contributed by atoms with E-state index in [2.05, 4.69) is 5.32 Å². The van der Waals surface area contributed by atoms with Gasteiger partial charge in [-0.1, -0.05) is 12.1 Å². The van der Waals surface area contributed by atoms with E-state index in [1.54, 1.807) is 19.1 Å². The fraction of sp³-hybridized carbons (Fsp3) is 0.250. The highest BCUT2D eigenvalue weighted by Gasteiger charge is 2.27. The van der Waals surface area contributed by atoms with Crippen molar-refractivity contribution in [3.63, 3.8) is 0 Å². The predicted molar refractivity (Wildman–Crippen MR) is 103 cm³/mol. The van der Waals surface area contributed by atoms with Crippen molar-refractivity contribution in [3.05, 3.63) is 59.6 Å². The molecule has 4 rings (SSSR count). The van der Waals surface area contributed by atoms with E-state index < -0.39 is 21.7 Å². The average Bonchev–Trinajstić information content (AvgIpc) is 3.32. The Morgan fingerprint density at radius 2 is 1.79 bits per heavy atom. The van der Waals surface area contributed by atoms with Gasteiger partial charge in [0.25, 0.3) is 5.91 Å². The molecule has 146 valence electrons. The number of halogens is 1. The van der Waals surface area contributed by atoms with Crippen LogP contribution in [0.3, 0.4) is 0 Å². The Bertz CT molecular complexity index is 1150. The second kappa shape index (κ2) is 7.03. The highest BCUT2D eigenvalue weighted by Crippen LogP contribution is 2.28. The maximum absolute atomic E-state index is 13.9. The van der Waals surface area contributed by atoms with Crippen molar-refractivity contribution < 1.29 is 22.0 Å². The lowest BCUT2D eigenvalue weighted by Crippen LogP contribution is -2.27. The van der Waals surface area contributed by atoms with E-state index in [4.69, 9.17) is 4.42 Å². The van der Waals surface area contributed by atoms with Gasteiger partial charge in [0.05, 0.1) is 4.90 Å². The molecular weight excluding hydrogens is 383 g/mol. The van der Waals surface area contributed by atoms with Crippen LogP contribution in [0, 0.1) is 12.7 Å². The largest absolute Gasteiger partial charge is 0.448 e. The fourth-order valence-electron chi connectivity index (χ4n) is 3.40. The molecule has 0 aliphatic carbocycles. The van der Waals surface area contributed by atoms with E-state index in [1.807, 2.05) is 0 Å². The molecule has 2 aromatic carbocycles. The molecule has 1 amide bonds. The summed E-state index contributed by atoms with van der Waals surface area (Å²) in [4.78, 5) is 12.7. The summed E-state index contributed by atoms with van der Waals surface area (Å²) in [6.45, 7) is 2.75. The summed E-state index contributed by atoms with van der Waals surface area (Å²) in [6.07, 6.45) is 1.73. The number of sulfonamides is 1. The first kappa shape index (κ1) is 18.6. The smallest absolute Gasteiger partial charge is 0.291 e. The van der Waals surface area contributed by atoms with Gasteiger partial charge in [-0.3, -0.25) is 4.79 Å². The van der Waals surface area contributed by atoms with Crippen LogP contribution in [0.5, 0.6) is 0 Å². The van der Waals surface area contributed by atoms with E-state index in [0.717, 1.165) is 12.8 Å². The van der Waals surface area contributed by atoms with Crippen molar-refractivity contribution >= 4 is 32.6 Å². The minimum Gasteiger partial charge on any atom is -0.448 e. The van der Waals surface area contributed by atoms with Crippen molar-refractivity contribution in [1.82, 2.24) is 4.31 Å². The maximum Gasteiger partial charge on any atom is 0.291 e. The van der Waals surface area contributed by atoms with Crippen LogP contribution in [0.2, 0.25) is 0 Å². The Balaban J connectivity index is 1.56. The standard InChI is InChI=1S/C20H19FN2O4S/c1-13-16-5-4-6-17(21)19(16)27-18(13)20(24)22-14-7-9-15(10-8-14)28(25,26)23-11-2-3-12-23/h4-10H,2-3,11-12H2,1H3,(H,22,24). The minimum absolute atomic E-state index is 0.0221. The second-order valence-electron chi connectivity index (χ2n) is 6.76. The van der Waals surface area contributed by atoms with Crippen LogP contribution < -0.4 is 5.32 Å². The molecule has 0 radical (unpaired) electrons. The number of fused-ring (bicyclic) bond motifs is 1. The lowest BCUT2D eigenvalue weighted by atomic mass is 10.1. The molecule has 2 heterocycles. The summed E-state index contributed by atoms with van der Waals surface area (Å²) < 4.78 is 45.9. The number of para-hydroxylation sites is 1. The topological polar surface area (TPSA) is 79.6 Å². The summed E-state index contributed by atoms with van der Waals surface area (Å²) in [5.74, 6) is -1.03. The summed E-state index contributed by atoms with van der Waals surface area (Å²) in [5, 5.41) is 3.20. The molecule has 1 fully saturated rings. The Kier molecular flexibility index (Phi) is 4.68.